The minimum atomic E-state index is -0.760. The highest BCUT2D eigenvalue weighted by molar-refractivity contribution is 5.92. The summed E-state index contributed by atoms with van der Waals surface area (Å²) in [6.07, 6.45) is 3.45. The summed E-state index contributed by atoms with van der Waals surface area (Å²) < 4.78 is 1.60. The molecule has 0 atom stereocenters. The molecular weight excluding hydrogens is 234 g/mol. The highest BCUT2D eigenvalue weighted by Gasteiger charge is 2.25. The molecule has 2 heterocycles. The SMILES string of the molecule is Cn1ccc(C(=O)N2CCC(CC(=O)O)CC2)n1. The first-order valence-electron chi connectivity index (χ1n) is 6.07. The third kappa shape index (κ3) is 2.88. The minimum Gasteiger partial charge on any atom is -0.481 e. The molecule has 1 aliphatic rings. The molecule has 1 aliphatic heterocycles. The Morgan fingerprint density at radius 1 is 1.44 bits per heavy atom. The van der Waals surface area contributed by atoms with Crippen LogP contribution in [0.3, 0.4) is 0 Å². The first kappa shape index (κ1) is 12.6. The molecule has 1 N–H and O–H groups in total. The van der Waals surface area contributed by atoms with Crippen molar-refractivity contribution >= 4 is 11.9 Å². The van der Waals surface area contributed by atoms with Crippen LogP contribution in [-0.4, -0.2) is 44.8 Å². The topological polar surface area (TPSA) is 75.4 Å². The maximum Gasteiger partial charge on any atom is 0.303 e. The number of nitrogens with zero attached hydrogens (tertiary/aromatic N) is 3. The van der Waals surface area contributed by atoms with E-state index in [1.807, 2.05) is 0 Å². The van der Waals surface area contributed by atoms with Gasteiger partial charge in [0.05, 0.1) is 0 Å². The quantitative estimate of drug-likeness (QED) is 0.860. The van der Waals surface area contributed by atoms with Gasteiger partial charge in [-0.3, -0.25) is 14.3 Å². The zero-order valence-electron chi connectivity index (χ0n) is 10.4. The van der Waals surface area contributed by atoms with Gasteiger partial charge in [0.2, 0.25) is 0 Å². The number of carboxylic acids is 1. The van der Waals surface area contributed by atoms with Gasteiger partial charge in [0.25, 0.3) is 5.91 Å². The number of carbonyl (C=O) groups is 2. The van der Waals surface area contributed by atoms with E-state index >= 15 is 0 Å². The second-order valence-corrected chi connectivity index (χ2v) is 4.71. The van der Waals surface area contributed by atoms with Crippen molar-refractivity contribution in [1.29, 1.82) is 0 Å². The Kier molecular flexibility index (Phi) is 3.64. The molecule has 0 saturated carbocycles. The third-order valence-corrected chi connectivity index (χ3v) is 3.30. The lowest BCUT2D eigenvalue weighted by molar-refractivity contribution is -0.138. The van der Waals surface area contributed by atoms with E-state index in [1.54, 1.807) is 28.9 Å². The van der Waals surface area contributed by atoms with Crippen molar-refractivity contribution in [2.24, 2.45) is 13.0 Å². The van der Waals surface area contributed by atoms with Gasteiger partial charge in [-0.25, -0.2) is 0 Å². The average Bonchev–Trinajstić information content (AvgIpc) is 2.75. The van der Waals surface area contributed by atoms with Crippen molar-refractivity contribution in [3.8, 4) is 0 Å². The van der Waals surface area contributed by atoms with E-state index in [2.05, 4.69) is 5.10 Å². The van der Waals surface area contributed by atoms with E-state index in [-0.39, 0.29) is 18.2 Å². The fourth-order valence-corrected chi connectivity index (χ4v) is 2.28. The van der Waals surface area contributed by atoms with Gasteiger partial charge in [0.1, 0.15) is 5.69 Å². The van der Waals surface area contributed by atoms with E-state index in [9.17, 15) is 9.59 Å². The Balaban J connectivity index is 1.90. The van der Waals surface area contributed by atoms with Crippen molar-refractivity contribution in [2.75, 3.05) is 13.1 Å². The molecule has 1 amide bonds. The molecule has 6 nitrogen and oxygen atoms in total. The molecule has 6 heteroatoms. The van der Waals surface area contributed by atoms with Crippen molar-refractivity contribution in [3.05, 3.63) is 18.0 Å². The molecule has 0 radical (unpaired) electrons. The minimum absolute atomic E-state index is 0.0654. The number of hydrogen-bond acceptors (Lipinski definition) is 3. The molecule has 1 fully saturated rings. The van der Waals surface area contributed by atoms with Gasteiger partial charge in [-0.15, -0.1) is 0 Å². The molecule has 1 aromatic heterocycles. The third-order valence-electron chi connectivity index (χ3n) is 3.30. The maximum atomic E-state index is 12.1. The number of aromatic nitrogens is 2. The Hall–Kier alpha value is -1.85. The number of amides is 1. The van der Waals surface area contributed by atoms with Crippen LogP contribution in [0.1, 0.15) is 29.8 Å². The zero-order valence-corrected chi connectivity index (χ0v) is 10.4. The summed E-state index contributed by atoms with van der Waals surface area (Å²) in [6, 6.07) is 1.70. The van der Waals surface area contributed by atoms with E-state index in [0.29, 0.717) is 18.8 Å². The Labute approximate surface area is 105 Å². The smallest absolute Gasteiger partial charge is 0.303 e. The van der Waals surface area contributed by atoms with E-state index in [0.717, 1.165) is 12.8 Å². The van der Waals surface area contributed by atoms with Crippen LogP contribution < -0.4 is 0 Å². The number of aryl methyl sites for hydroxylation is 1. The number of rotatable bonds is 3. The van der Waals surface area contributed by atoms with Gasteiger partial charge in [-0.2, -0.15) is 5.10 Å². The molecule has 0 unspecified atom stereocenters. The fraction of sp³-hybridized carbons (Fsp3) is 0.583. The molecule has 2 rings (SSSR count). The summed E-state index contributed by atoms with van der Waals surface area (Å²) >= 11 is 0. The number of carbonyl (C=O) groups excluding carboxylic acids is 1. The summed E-state index contributed by atoms with van der Waals surface area (Å²) in [5, 5.41) is 12.8. The van der Waals surface area contributed by atoms with Crippen LogP contribution in [0.15, 0.2) is 12.3 Å². The van der Waals surface area contributed by atoms with E-state index in [4.69, 9.17) is 5.11 Å². The standard InChI is InChI=1S/C12H17N3O3/c1-14-5-4-10(13-14)12(18)15-6-2-9(3-7-15)8-11(16)17/h4-5,9H,2-3,6-8H2,1H3,(H,16,17). The van der Waals surface area contributed by atoms with Crippen LogP contribution in [0, 0.1) is 5.92 Å². The molecule has 0 spiro atoms. The van der Waals surface area contributed by atoms with Crippen molar-refractivity contribution in [1.82, 2.24) is 14.7 Å². The Bertz CT molecular complexity index is 447. The van der Waals surface area contributed by atoms with Crippen molar-refractivity contribution in [2.45, 2.75) is 19.3 Å². The van der Waals surface area contributed by atoms with Crippen LogP contribution in [0.2, 0.25) is 0 Å². The van der Waals surface area contributed by atoms with Gasteiger partial charge in [-0.1, -0.05) is 0 Å². The van der Waals surface area contributed by atoms with Crippen LogP contribution in [0.5, 0.6) is 0 Å². The van der Waals surface area contributed by atoms with Gasteiger partial charge < -0.3 is 10.0 Å². The summed E-state index contributed by atoms with van der Waals surface area (Å²) in [5.41, 5.74) is 0.453. The van der Waals surface area contributed by atoms with Crippen LogP contribution >= 0.6 is 0 Å². The predicted molar refractivity (Wildman–Crippen MR) is 64.1 cm³/mol. The summed E-state index contributed by atoms with van der Waals surface area (Å²) in [4.78, 5) is 24.4. The molecule has 18 heavy (non-hydrogen) atoms. The normalized spacial score (nSPS) is 16.8. The lowest BCUT2D eigenvalue weighted by Crippen LogP contribution is -2.39. The van der Waals surface area contributed by atoms with E-state index in [1.165, 1.54) is 0 Å². The lowest BCUT2D eigenvalue weighted by atomic mass is 9.93. The molecule has 98 valence electrons. The summed E-state index contributed by atoms with van der Waals surface area (Å²) in [6.45, 7) is 1.24. The zero-order chi connectivity index (χ0) is 13.1. The predicted octanol–water partition coefficient (Wildman–Crippen LogP) is 0.747. The second-order valence-electron chi connectivity index (χ2n) is 4.71. The highest BCUT2D eigenvalue weighted by Crippen LogP contribution is 2.21. The summed E-state index contributed by atoms with van der Waals surface area (Å²) in [5.74, 6) is -0.635. The maximum absolute atomic E-state index is 12.1. The number of likely N-dealkylation sites (tertiary alicyclic amines) is 1. The molecule has 1 saturated heterocycles. The van der Waals surface area contributed by atoms with Gasteiger partial charge in [0, 0.05) is 32.8 Å². The summed E-state index contributed by atoms with van der Waals surface area (Å²) in [7, 11) is 1.77. The van der Waals surface area contributed by atoms with Crippen molar-refractivity contribution in [3.63, 3.8) is 0 Å². The lowest BCUT2D eigenvalue weighted by Gasteiger charge is -2.30. The average molecular weight is 251 g/mol. The van der Waals surface area contributed by atoms with E-state index < -0.39 is 5.97 Å². The largest absolute Gasteiger partial charge is 0.481 e. The first-order valence-corrected chi connectivity index (χ1v) is 6.07. The van der Waals surface area contributed by atoms with Crippen LogP contribution in [0.4, 0.5) is 0 Å². The van der Waals surface area contributed by atoms with Crippen LogP contribution in [0.25, 0.3) is 0 Å². The van der Waals surface area contributed by atoms with Gasteiger partial charge in [0.15, 0.2) is 0 Å². The molecule has 0 aromatic carbocycles. The second kappa shape index (κ2) is 5.20. The molecule has 0 aliphatic carbocycles. The monoisotopic (exact) mass is 251 g/mol. The Morgan fingerprint density at radius 3 is 2.61 bits per heavy atom. The van der Waals surface area contributed by atoms with Gasteiger partial charge >= 0.3 is 5.97 Å². The number of carboxylic acid groups (broad SMARTS) is 1. The van der Waals surface area contributed by atoms with Crippen LogP contribution in [-0.2, 0) is 11.8 Å². The van der Waals surface area contributed by atoms with Gasteiger partial charge in [-0.05, 0) is 24.8 Å². The Morgan fingerprint density at radius 2 is 2.11 bits per heavy atom. The number of piperidine rings is 1. The van der Waals surface area contributed by atoms with Crippen molar-refractivity contribution < 1.29 is 14.7 Å². The fourth-order valence-electron chi connectivity index (χ4n) is 2.28. The number of aliphatic carboxylic acids is 1. The molecule has 0 bridgehead atoms. The first-order chi connectivity index (χ1) is 8.56. The number of hydrogen-bond donors (Lipinski definition) is 1. The highest BCUT2D eigenvalue weighted by atomic mass is 16.4. The molecule has 1 aromatic rings. The molecular formula is C12H17N3O3.